The molecular weight excluding hydrogens is 270 g/mol. The Morgan fingerprint density at radius 3 is 2.90 bits per heavy atom. The van der Waals surface area contributed by atoms with E-state index in [9.17, 15) is 15.4 Å². The van der Waals surface area contributed by atoms with E-state index in [1.54, 1.807) is 12.1 Å². The highest BCUT2D eigenvalue weighted by atomic mass is 16.6. The van der Waals surface area contributed by atoms with Crippen LogP contribution in [0.5, 0.6) is 5.75 Å². The normalized spacial score (nSPS) is 28.0. The fourth-order valence-corrected chi connectivity index (χ4v) is 2.85. The average Bonchev–Trinajstić information content (AvgIpc) is 3.19. The molecule has 2 saturated carbocycles. The molecule has 3 rings (SSSR count). The van der Waals surface area contributed by atoms with E-state index in [0.717, 1.165) is 25.7 Å². The van der Waals surface area contributed by atoms with Gasteiger partial charge in [-0.1, -0.05) is 6.07 Å². The summed E-state index contributed by atoms with van der Waals surface area (Å²) in [6.07, 6.45) is 4.38. The molecule has 6 nitrogen and oxygen atoms in total. The lowest BCUT2D eigenvalue weighted by Gasteiger charge is -2.22. The van der Waals surface area contributed by atoms with Crippen molar-refractivity contribution in [2.45, 2.75) is 49.8 Å². The Morgan fingerprint density at radius 1 is 1.43 bits per heavy atom. The summed E-state index contributed by atoms with van der Waals surface area (Å²) >= 11 is 0. The van der Waals surface area contributed by atoms with Crippen molar-refractivity contribution in [1.29, 1.82) is 5.26 Å². The molecule has 21 heavy (non-hydrogen) atoms. The summed E-state index contributed by atoms with van der Waals surface area (Å²) in [5, 5.41) is 23.6. The number of non-ortho nitro benzene ring substituents is 1. The first kappa shape index (κ1) is 13.8. The van der Waals surface area contributed by atoms with Gasteiger partial charge in [0.15, 0.2) is 0 Å². The number of hydrogen-bond donors (Lipinski definition) is 1. The van der Waals surface area contributed by atoms with Crippen molar-refractivity contribution in [3.63, 3.8) is 0 Å². The minimum absolute atomic E-state index is 0.0214. The minimum atomic E-state index is -0.494. The molecule has 1 aromatic carbocycles. The topological polar surface area (TPSA) is 88.2 Å². The molecule has 2 aliphatic rings. The second-order valence-electron chi connectivity index (χ2n) is 5.85. The highest BCUT2D eigenvalue weighted by Crippen LogP contribution is 2.36. The number of hydrogen-bond acceptors (Lipinski definition) is 5. The van der Waals surface area contributed by atoms with E-state index in [4.69, 9.17) is 4.74 Å². The highest BCUT2D eigenvalue weighted by Gasteiger charge is 2.43. The molecule has 2 fully saturated rings. The predicted molar refractivity (Wildman–Crippen MR) is 75.9 cm³/mol. The van der Waals surface area contributed by atoms with Gasteiger partial charge in [-0.3, -0.25) is 15.4 Å². The molecule has 1 N–H and O–H groups in total. The van der Waals surface area contributed by atoms with Crippen LogP contribution in [0.1, 0.15) is 32.1 Å². The lowest BCUT2D eigenvalue weighted by Crippen LogP contribution is -2.43. The summed E-state index contributed by atoms with van der Waals surface area (Å²) in [5.41, 5.74) is -0.472. The van der Waals surface area contributed by atoms with Crippen LogP contribution >= 0.6 is 0 Å². The van der Waals surface area contributed by atoms with Crippen LogP contribution in [-0.4, -0.2) is 22.6 Å². The monoisotopic (exact) mass is 287 g/mol. The lowest BCUT2D eigenvalue weighted by atomic mass is 9.99. The quantitative estimate of drug-likeness (QED) is 0.664. The van der Waals surface area contributed by atoms with Gasteiger partial charge < -0.3 is 4.74 Å². The number of nitro benzene ring substituents is 1. The Labute approximate surface area is 122 Å². The summed E-state index contributed by atoms with van der Waals surface area (Å²) in [6.45, 7) is 0. The number of benzene rings is 1. The number of nitro groups is 1. The third-order valence-corrected chi connectivity index (χ3v) is 4.07. The number of ether oxygens (including phenoxy) is 1. The van der Waals surface area contributed by atoms with E-state index < -0.39 is 10.5 Å². The summed E-state index contributed by atoms with van der Waals surface area (Å²) in [7, 11) is 0. The third kappa shape index (κ3) is 3.14. The third-order valence-electron chi connectivity index (χ3n) is 4.07. The molecule has 1 aromatic rings. The van der Waals surface area contributed by atoms with Crippen molar-refractivity contribution in [3.8, 4) is 11.8 Å². The number of nitrogens with one attached hydrogen (secondary N) is 1. The van der Waals surface area contributed by atoms with E-state index in [2.05, 4.69) is 11.4 Å². The fourth-order valence-electron chi connectivity index (χ4n) is 2.85. The fraction of sp³-hybridized carbons (Fsp3) is 0.533. The van der Waals surface area contributed by atoms with Crippen molar-refractivity contribution >= 4 is 5.69 Å². The maximum atomic E-state index is 10.8. The highest BCUT2D eigenvalue weighted by molar-refractivity contribution is 5.38. The molecule has 0 amide bonds. The standard InChI is InChI=1S/C15H17N3O3/c16-10-15(17-11-4-5-11)7-6-14(9-15)21-13-3-1-2-12(8-13)18(19)20/h1-3,8,11,14,17H,4-7,9H2. The molecule has 110 valence electrons. The van der Waals surface area contributed by atoms with Crippen LogP contribution in [-0.2, 0) is 0 Å². The first-order valence-electron chi connectivity index (χ1n) is 7.20. The molecule has 0 aromatic heterocycles. The minimum Gasteiger partial charge on any atom is -0.490 e. The van der Waals surface area contributed by atoms with Crippen LogP contribution < -0.4 is 10.1 Å². The molecule has 2 unspecified atom stereocenters. The molecular formula is C15H17N3O3. The van der Waals surface area contributed by atoms with Gasteiger partial charge in [0, 0.05) is 18.5 Å². The Morgan fingerprint density at radius 2 is 2.24 bits per heavy atom. The Bertz CT molecular complexity index is 594. The van der Waals surface area contributed by atoms with Gasteiger partial charge in [-0.2, -0.15) is 5.26 Å². The van der Waals surface area contributed by atoms with Gasteiger partial charge in [0.25, 0.3) is 5.69 Å². The zero-order valence-corrected chi connectivity index (χ0v) is 11.6. The second-order valence-corrected chi connectivity index (χ2v) is 5.85. The van der Waals surface area contributed by atoms with Crippen molar-refractivity contribution in [3.05, 3.63) is 34.4 Å². The zero-order valence-electron chi connectivity index (χ0n) is 11.6. The van der Waals surface area contributed by atoms with Crippen LogP contribution in [0, 0.1) is 21.4 Å². The van der Waals surface area contributed by atoms with Gasteiger partial charge in [-0.05, 0) is 31.7 Å². The van der Waals surface area contributed by atoms with Gasteiger partial charge in [0.2, 0.25) is 0 Å². The van der Waals surface area contributed by atoms with Gasteiger partial charge >= 0.3 is 0 Å². The van der Waals surface area contributed by atoms with E-state index in [0.29, 0.717) is 18.2 Å². The molecule has 0 aliphatic heterocycles. The zero-order chi connectivity index (χ0) is 14.9. The van der Waals surface area contributed by atoms with E-state index in [1.807, 2.05) is 0 Å². The van der Waals surface area contributed by atoms with E-state index in [1.165, 1.54) is 12.1 Å². The Kier molecular flexibility index (Phi) is 3.52. The second kappa shape index (κ2) is 5.34. The Balaban J connectivity index is 1.65. The molecule has 6 heteroatoms. The van der Waals surface area contributed by atoms with Gasteiger partial charge in [0.05, 0.1) is 17.1 Å². The van der Waals surface area contributed by atoms with Crippen molar-refractivity contribution in [2.24, 2.45) is 0 Å². The largest absolute Gasteiger partial charge is 0.490 e. The summed E-state index contributed by atoms with van der Waals surface area (Å²) < 4.78 is 5.83. The van der Waals surface area contributed by atoms with Crippen LogP contribution in [0.4, 0.5) is 5.69 Å². The van der Waals surface area contributed by atoms with Crippen molar-refractivity contribution in [2.75, 3.05) is 0 Å². The summed E-state index contributed by atoms with van der Waals surface area (Å²) in [6, 6.07) is 9.07. The Hall–Kier alpha value is -2.13. The molecule has 0 spiro atoms. The first-order valence-corrected chi connectivity index (χ1v) is 7.20. The van der Waals surface area contributed by atoms with Crippen LogP contribution in [0.3, 0.4) is 0 Å². The number of nitrogens with zero attached hydrogens (tertiary/aromatic N) is 2. The van der Waals surface area contributed by atoms with Crippen LogP contribution in [0.25, 0.3) is 0 Å². The summed E-state index contributed by atoms with van der Waals surface area (Å²) in [5.74, 6) is 0.495. The van der Waals surface area contributed by atoms with Crippen LogP contribution in [0.2, 0.25) is 0 Å². The number of rotatable bonds is 5. The maximum Gasteiger partial charge on any atom is 0.273 e. The molecule has 0 radical (unpaired) electrons. The predicted octanol–water partition coefficient (Wildman–Crippen LogP) is 2.54. The molecule has 0 bridgehead atoms. The van der Waals surface area contributed by atoms with Gasteiger partial charge in [-0.25, -0.2) is 0 Å². The lowest BCUT2D eigenvalue weighted by molar-refractivity contribution is -0.384. The molecule has 2 aliphatic carbocycles. The van der Waals surface area contributed by atoms with E-state index in [-0.39, 0.29) is 11.8 Å². The van der Waals surface area contributed by atoms with Gasteiger partial charge in [0.1, 0.15) is 17.4 Å². The van der Waals surface area contributed by atoms with Crippen molar-refractivity contribution in [1.82, 2.24) is 5.32 Å². The molecule has 2 atom stereocenters. The first-order chi connectivity index (χ1) is 10.1. The van der Waals surface area contributed by atoms with Crippen LogP contribution in [0.15, 0.2) is 24.3 Å². The van der Waals surface area contributed by atoms with Crippen molar-refractivity contribution < 1.29 is 9.66 Å². The molecule has 0 heterocycles. The SMILES string of the molecule is N#CC1(NC2CC2)CCC(Oc2cccc([N+](=O)[O-])c2)C1. The number of nitriles is 1. The van der Waals surface area contributed by atoms with Gasteiger partial charge in [-0.15, -0.1) is 0 Å². The molecule has 0 saturated heterocycles. The summed E-state index contributed by atoms with van der Waals surface area (Å²) in [4.78, 5) is 10.3. The maximum absolute atomic E-state index is 10.8. The smallest absolute Gasteiger partial charge is 0.273 e. The average molecular weight is 287 g/mol. The van der Waals surface area contributed by atoms with E-state index >= 15 is 0 Å².